The van der Waals surface area contributed by atoms with E-state index < -0.39 is 0 Å². The lowest BCUT2D eigenvalue weighted by Gasteiger charge is -2.09. The van der Waals surface area contributed by atoms with Crippen LogP contribution in [0, 0.1) is 6.92 Å². The third kappa shape index (κ3) is 1.74. The second-order valence-electron chi connectivity index (χ2n) is 2.48. The van der Waals surface area contributed by atoms with Gasteiger partial charge in [0.1, 0.15) is 5.82 Å². The molecule has 0 bridgehead atoms. The third-order valence-electron chi connectivity index (χ3n) is 1.48. The molecule has 0 aromatic carbocycles. The fourth-order valence-corrected chi connectivity index (χ4v) is 0.957. The van der Waals surface area contributed by atoms with Crippen LogP contribution < -0.4 is 0 Å². The smallest absolute Gasteiger partial charge is 0.148 e. The number of hydrogen-bond donors (Lipinski definition) is 0. The standard InChI is InChI=1S/C6H12N4O/c1-5(4-11-3)10-6(2)7-8-9-10/h5H,4H2,1-3H3. The Morgan fingerprint density at radius 1 is 1.64 bits per heavy atom. The van der Waals surface area contributed by atoms with Crippen molar-refractivity contribution in [3.8, 4) is 0 Å². The number of rotatable bonds is 3. The normalized spacial score (nSPS) is 13.4. The maximum absolute atomic E-state index is 4.97. The van der Waals surface area contributed by atoms with E-state index in [0.717, 1.165) is 5.82 Å². The van der Waals surface area contributed by atoms with E-state index in [1.54, 1.807) is 11.8 Å². The molecule has 0 aliphatic carbocycles. The van der Waals surface area contributed by atoms with Gasteiger partial charge in [-0.1, -0.05) is 0 Å². The number of aryl methyl sites for hydroxylation is 1. The fraction of sp³-hybridized carbons (Fsp3) is 0.833. The Hall–Kier alpha value is -0.970. The van der Waals surface area contributed by atoms with E-state index in [4.69, 9.17) is 4.74 Å². The van der Waals surface area contributed by atoms with Gasteiger partial charge >= 0.3 is 0 Å². The van der Waals surface area contributed by atoms with E-state index in [1.807, 2.05) is 13.8 Å². The number of hydrogen-bond acceptors (Lipinski definition) is 4. The van der Waals surface area contributed by atoms with Crippen molar-refractivity contribution < 1.29 is 4.74 Å². The van der Waals surface area contributed by atoms with Crippen LogP contribution in [-0.2, 0) is 4.74 Å². The molecule has 11 heavy (non-hydrogen) atoms. The molecule has 1 unspecified atom stereocenters. The Balaban J connectivity index is 2.67. The molecule has 0 saturated heterocycles. The fourth-order valence-electron chi connectivity index (χ4n) is 0.957. The quantitative estimate of drug-likeness (QED) is 0.626. The molecular weight excluding hydrogens is 144 g/mol. The highest BCUT2D eigenvalue weighted by Gasteiger charge is 2.07. The minimum absolute atomic E-state index is 0.204. The molecule has 0 aliphatic rings. The van der Waals surface area contributed by atoms with Gasteiger partial charge in [0.05, 0.1) is 12.6 Å². The second-order valence-corrected chi connectivity index (χ2v) is 2.48. The van der Waals surface area contributed by atoms with E-state index in [2.05, 4.69) is 15.5 Å². The van der Waals surface area contributed by atoms with Crippen molar-refractivity contribution in [1.82, 2.24) is 20.2 Å². The van der Waals surface area contributed by atoms with Crippen molar-refractivity contribution in [2.24, 2.45) is 0 Å². The summed E-state index contributed by atoms with van der Waals surface area (Å²) in [6, 6.07) is 0.204. The maximum Gasteiger partial charge on any atom is 0.148 e. The molecule has 0 spiro atoms. The molecule has 0 amide bonds. The zero-order chi connectivity index (χ0) is 8.27. The molecule has 0 radical (unpaired) electrons. The average Bonchev–Trinajstić information content (AvgIpc) is 2.36. The average molecular weight is 156 g/mol. The van der Waals surface area contributed by atoms with Gasteiger partial charge in [-0.05, 0) is 24.3 Å². The first kappa shape index (κ1) is 8.13. The van der Waals surface area contributed by atoms with Gasteiger partial charge in [-0.15, -0.1) is 5.10 Å². The molecule has 0 aliphatic heterocycles. The molecule has 1 aromatic rings. The van der Waals surface area contributed by atoms with Crippen LogP contribution in [-0.4, -0.2) is 33.9 Å². The van der Waals surface area contributed by atoms with Crippen LogP contribution in [0.25, 0.3) is 0 Å². The lowest BCUT2D eigenvalue weighted by Crippen LogP contribution is -2.14. The number of tetrazole rings is 1. The summed E-state index contributed by atoms with van der Waals surface area (Å²) in [7, 11) is 1.66. The van der Waals surface area contributed by atoms with E-state index >= 15 is 0 Å². The summed E-state index contributed by atoms with van der Waals surface area (Å²) in [6.45, 7) is 4.50. The minimum atomic E-state index is 0.204. The highest BCUT2D eigenvalue weighted by atomic mass is 16.5. The highest BCUT2D eigenvalue weighted by molar-refractivity contribution is 4.76. The zero-order valence-electron chi connectivity index (χ0n) is 6.98. The lowest BCUT2D eigenvalue weighted by atomic mass is 10.4. The summed E-state index contributed by atoms with van der Waals surface area (Å²) >= 11 is 0. The molecular formula is C6H12N4O. The number of methoxy groups -OCH3 is 1. The van der Waals surface area contributed by atoms with Crippen LogP contribution in [0.1, 0.15) is 18.8 Å². The van der Waals surface area contributed by atoms with Crippen molar-refractivity contribution in [3.63, 3.8) is 0 Å². The highest BCUT2D eigenvalue weighted by Crippen LogP contribution is 2.03. The predicted molar refractivity (Wildman–Crippen MR) is 39.1 cm³/mol. The van der Waals surface area contributed by atoms with Gasteiger partial charge in [0.25, 0.3) is 0 Å². The first-order valence-corrected chi connectivity index (χ1v) is 3.49. The van der Waals surface area contributed by atoms with Crippen LogP contribution in [0.5, 0.6) is 0 Å². The number of aromatic nitrogens is 4. The molecule has 0 saturated carbocycles. The van der Waals surface area contributed by atoms with Gasteiger partial charge in [-0.3, -0.25) is 0 Å². The van der Waals surface area contributed by atoms with Crippen LogP contribution in [0.2, 0.25) is 0 Å². The molecule has 0 fully saturated rings. The van der Waals surface area contributed by atoms with Gasteiger partial charge in [-0.2, -0.15) is 0 Å². The Kier molecular flexibility index (Phi) is 2.53. The molecule has 1 aromatic heterocycles. The maximum atomic E-state index is 4.97. The van der Waals surface area contributed by atoms with Gasteiger partial charge in [0.2, 0.25) is 0 Å². The topological polar surface area (TPSA) is 52.8 Å². The summed E-state index contributed by atoms with van der Waals surface area (Å²) in [6.07, 6.45) is 0. The summed E-state index contributed by atoms with van der Waals surface area (Å²) in [4.78, 5) is 0. The molecule has 5 nitrogen and oxygen atoms in total. The largest absolute Gasteiger partial charge is 0.382 e. The SMILES string of the molecule is COCC(C)n1nnnc1C. The monoisotopic (exact) mass is 156 g/mol. The number of ether oxygens (including phenoxy) is 1. The van der Waals surface area contributed by atoms with Gasteiger partial charge in [0, 0.05) is 7.11 Å². The molecule has 5 heteroatoms. The zero-order valence-corrected chi connectivity index (χ0v) is 6.98. The first-order valence-electron chi connectivity index (χ1n) is 3.49. The van der Waals surface area contributed by atoms with Crippen molar-refractivity contribution in [3.05, 3.63) is 5.82 Å². The minimum Gasteiger partial charge on any atom is -0.382 e. The van der Waals surface area contributed by atoms with Crippen LogP contribution in [0.3, 0.4) is 0 Å². The van der Waals surface area contributed by atoms with E-state index in [0.29, 0.717) is 6.61 Å². The Morgan fingerprint density at radius 3 is 2.82 bits per heavy atom. The van der Waals surface area contributed by atoms with Crippen LogP contribution in [0.4, 0.5) is 0 Å². The first-order chi connectivity index (χ1) is 5.25. The van der Waals surface area contributed by atoms with Crippen LogP contribution >= 0.6 is 0 Å². The summed E-state index contributed by atoms with van der Waals surface area (Å²) in [5, 5.41) is 11.1. The van der Waals surface area contributed by atoms with Crippen LogP contribution in [0.15, 0.2) is 0 Å². The molecule has 1 rings (SSSR count). The lowest BCUT2D eigenvalue weighted by molar-refractivity contribution is 0.155. The summed E-state index contributed by atoms with van der Waals surface area (Å²) < 4.78 is 6.71. The molecule has 0 N–H and O–H groups in total. The molecule has 62 valence electrons. The second kappa shape index (κ2) is 3.43. The Morgan fingerprint density at radius 2 is 2.36 bits per heavy atom. The van der Waals surface area contributed by atoms with Gasteiger partial charge < -0.3 is 4.74 Å². The Labute approximate surface area is 65.4 Å². The van der Waals surface area contributed by atoms with E-state index in [-0.39, 0.29) is 6.04 Å². The van der Waals surface area contributed by atoms with Crippen molar-refractivity contribution in [2.45, 2.75) is 19.9 Å². The van der Waals surface area contributed by atoms with Crippen molar-refractivity contribution in [2.75, 3.05) is 13.7 Å². The van der Waals surface area contributed by atoms with Gasteiger partial charge in [0.15, 0.2) is 0 Å². The predicted octanol–water partition coefficient (Wildman–Crippen LogP) is 0.189. The van der Waals surface area contributed by atoms with Crippen molar-refractivity contribution in [1.29, 1.82) is 0 Å². The molecule has 1 atom stereocenters. The van der Waals surface area contributed by atoms with E-state index in [1.165, 1.54) is 0 Å². The van der Waals surface area contributed by atoms with Gasteiger partial charge in [-0.25, -0.2) is 4.68 Å². The third-order valence-corrected chi connectivity index (χ3v) is 1.48. The Bertz CT molecular complexity index is 222. The summed E-state index contributed by atoms with van der Waals surface area (Å²) in [5.41, 5.74) is 0. The van der Waals surface area contributed by atoms with E-state index in [9.17, 15) is 0 Å². The van der Waals surface area contributed by atoms with Crippen molar-refractivity contribution >= 4 is 0 Å². The molecule has 1 heterocycles. The number of nitrogens with zero attached hydrogens (tertiary/aromatic N) is 4. The summed E-state index contributed by atoms with van der Waals surface area (Å²) in [5.74, 6) is 0.814.